The molecule has 0 radical (unpaired) electrons. The van der Waals surface area contributed by atoms with Crippen molar-refractivity contribution in [3.8, 4) is 5.75 Å². The van der Waals surface area contributed by atoms with Crippen molar-refractivity contribution in [1.82, 2.24) is 4.72 Å². The van der Waals surface area contributed by atoms with Gasteiger partial charge in [0, 0.05) is 12.1 Å². The standard InChI is InChI=1S/C17H18Cl2N2O4S/c1-3-9-20-26(23,24)15-10-11(7-8-14(15)25-2)17(22)21-13-6-4-5-12(18)16(13)19/h4-8,10,20H,3,9H2,1-2H3,(H,21,22). The molecule has 9 heteroatoms. The van der Waals surface area contributed by atoms with E-state index in [1.807, 2.05) is 6.92 Å². The van der Waals surface area contributed by atoms with Gasteiger partial charge in [0.1, 0.15) is 10.6 Å². The Labute approximate surface area is 162 Å². The van der Waals surface area contributed by atoms with Crippen molar-refractivity contribution in [2.24, 2.45) is 0 Å². The number of carbonyl (C=O) groups is 1. The van der Waals surface area contributed by atoms with Crippen LogP contribution in [-0.2, 0) is 10.0 Å². The highest BCUT2D eigenvalue weighted by atomic mass is 35.5. The summed E-state index contributed by atoms with van der Waals surface area (Å²) in [5, 5.41) is 3.12. The number of methoxy groups -OCH3 is 1. The lowest BCUT2D eigenvalue weighted by Crippen LogP contribution is -2.25. The number of nitrogens with one attached hydrogen (secondary N) is 2. The lowest BCUT2D eigenvalue weighted by atomic mass is 10.2. The largest absolute Gasteiger partial charge is 0.495 e. The zero-order chi connectivity index (χ0) is 19.3. The van der Waals surface area contributed by atoms with E-state index in [-0.39, 0.29) is 27.8 Å². The van der Waals surface area contributed by atoms with E-state index in [1.54, 1.807) is 18.2 Å². The number of halogens is 2. The molecule has 0 spiro atoms. The first-order valence-corrected chi connectivity index (χ1v) is 9.97. The zero-order valence-corrected chi connectivity index (χ0v) is 16.5. The Hall–Kier alpha value is -1.80. The van der Waals surface area contributed by atoms with Gasteiger partial charge in [0.05, 0.1) is 22.8 Å². The monoisotopic (exact) mass is 416 g/mol. The van der Waals surface area contributed by atoms with E-state index in [0.717, 1.165) is 0 Å². The predicted molar refractivity (Wildman–Crippen MR) is 103 cm³/mol. The fourth-order valence-electron chi connectivity index (χ4n) is 2.14. The number of carbonyl (C=O) groups excluding carboxylic acids is 1. The van der Waals surface area contributed by atoms with Gasteiger partial charge in [-0.05, 0) is 36.8 Å². The SMILES string of the molecule is CCCNS(=O)(=O)c1cc(C(=O)Nc2cccc(Cl)c2Cl)ccc1OC. The molecule has 26 heavy (non-hydrogen) atoms. The molecule has 0 bridgehead atoms. The topological polar surface area (TPSA) is 84.5 Å². The molecule has 0 aromatic heterocycles. The quantitative estimate of drug-likeness (QED) is 0.715. The highest BCUT2D eigenvalue weighted by Gasteiger charge is 2.21. The van der Waals surface area contributed by atoms with E-state index in [0.29, 0.717) is 17.1 Å². The van der Waals surface area contributed by atoms with Gasteiger partial charge in [0.2, 0.25) is 10.0 Å². The third kappa shape index (κ3) is 4.67. The summed E-state index contributed by atoms with van der Waals surface area (Å²) in [7, 11) is -2.45. The summed E-state index contributed by atoms with van der Waals surface area (Å²) in [4.78, 5) is 12.4. The maximum atomic E-state index is 12.5. The average Bonchev–Trinajstić information content (AvgIpc) is 2.63. The van der Waals surface area contributed by atoms with Gasteiger partial charge in [-0.3, -0.25) is 4.79 Å². The molecule has 1 amide bonds. The number of ether oxygens (including phenoxy) is 1. The first-order chi connectivity index (χ1) is 12.3. The molecule has 140 valence electrons. The van der Waals surface area contributed by atoms with Crippen molar-refractivity contribution in [2.45, 2.75) is 18.2 Å². The number of anilines is 1. The summed E-state index contributed by atoms with van der Waals surface area (Å²) in [6.45, 7) is 2.12. The molecule has 0 aliphatic carbocycles. The van der Waals surface area contributed by atoms with Gasteiger partial charge in [0.25, 0.3) is 5.91 Å². The Morgan fingerprint density at radius 1 is 1.19 bits per heavy atom. The maximum Gasteiger partial charge on any atom is 0.255 e. The summed E-state index contributed by atoms with van der Waals surface area (Å²) in [6, 6.07) is 8.97. The molecular weight excluding hydrogens is 399 g/mol. The molecule has 2 aromatic rings. The second kappa shape index (κ2) is 8.73. The third-order valence-corrected chi connectivity index (χ3v) is 5.76. The molecule has 0 atom stereocenters. The van der Waals surface area contributed by atoms with Crippen LogP contribution in [-0.4, -0.2) is 28.0 Å². The zero-order valence-electron chi connectivity index (χ0n) is 14.2. The van der Waals surface area contributed by atoms with Crippen molar-refractivity contribution >= 4 is 44.8 Å². The van der Waals surface area contributed by atoms with Crippen LogP contribution >= 0.6 is 23.2 Å². The molecule has 2 rings (SSSR count). The number of amides is 1. The van der Waals surface area contributed by atoms with Gasteiger partial charge < -0.3 is 10.1 Å². The van der Waals surface area contributed by atoms with Gasteiger partial charge in [-0.15, -0.1) is 0 Å². The number of hydrogen-bond donors (Lipinski definition) is 2. The van der Waals surface area contributed by atoms with Crippen molar-refractivity contribution < 1.29 is 17.9 Å². The molecule has 6 nitrogen and oxygen atoms in total. The maximum absolute atomic E-state index is 12.5. The normalized spacial score (nSPS) is 11.2. The molecule has 0 aliphatic rings. The van der Waals surface area contributed by atoms with Gasteiger partial charge in [-0.25, -0.2) is 13.1 Å². The van der Waals surface area contributed by atoms with E-state index in [2.05, 4.69) is 10.0 Å². The predicted octanol–water partition coefficient (Wildman–Crippen LogP) is 3.94. The van der Waals surface area contributed by atoms with E-state index in [9.17, 15) is 13.2 Å². The lowest BCUT2D eigenvalue weighted by molar-refractivity contribution is 0.102. The van der Waals surface area contributed by atoms with Gasteiger partial charge in [0.15, 0.2) is 0 Å². The molecular formula is C17H18Cl2N2O4S. The van der Waals surface area contributed by atoms with Crippen LogP contribution in [0.4, 0.5) is 5.69 Å². The molecule has 2 aromatic carbocycles. The Bertz CT molecular complexity index is 917. The third-order valence-electron chi connectivity index (χ3n) is 3.46. The second-order valence-electron chi connectivity index (χ2n) is 5.32. The first kappa shape index (κ1) is 20.5. The van der Waals surface area contributed by atoms with E-state index >= 15 is 0 Å². The molecule has 0 unspecified atom stereocenters. The van der Waals surface area contributed by atoms with Crippen LogP contribution < -0.4 is 14.8 Å². The number of sulfonamides is 1. The summed E-state index contributed by atoms with van der Waals surface area (Å²) >= 11 is 12.0. The highest BCUT2D eigenvalue weighted by Crippen LogP contribution is 2.30. The van der Waals surface area contributed by atoms with Crippen molar-refractivity contribution in [3.63, 3.8) is 0 Å². The van der Waals surface area contributed by atoms with Crippen molar-refractivity contribution in [1.29, 1.82) is 0 Å². The molecule has 0 saturated heterocycles. The minimum absolute atomic E-state index is 0.113. The number of benzene rings is 2. The van der Waals surface area contributed by atoms with Crippen LogP contribution in [0.3, 0.4) is 0 Å². The number of hydrogen-bond acceptors (Lipinski definition) is 4. The van der Waals surface area contributed by atoms with Crippen LogP contribution in [0.1, 0.15) is 23.7 Å². The van der Waals surface area contributed by atoms with E-state index in [4.69, 9.17) is 27.9 Å². The van der Waals surface area contributed by atoms with E-state index < -0.39 is 15.9 Å². The van der Waals surface area contributed by atoms with Crippen LogP contribution in [0.15, 0.2) is 41.3 Å². The van der Waals surface area contributed by atoms with Gasteiger partial charge in [-0.2, -0.15) is 0 Å². The fourth-order valence-corrected chi connectivity index (χ4v) is 3.81. The molecule has 0 heterocycles. The Morgan fingerprint density at radius 3 is 2.58 bits per heavy atom. The smallest absolute Gasteiger partial charge is 0.255 e. The summed E-state index contributed by atoms with van der Waals surface area (Å²) in [5.41, 5.74) is 0.465. The van der Waals surface area contributed by atoms with Crippen LogP contribution in [0.5, 0.6) is 5.75 Å². The van der Waals surface area contributed by atoms with Crippen LogP contribution in [0.2, 0.25) is 10.0 Å². The molecule has 0 aliphatic heterocycles. The number of rotatable bonds is 7. The summed E-state index contributed by atoms with van der Waals surface area (Å²) < 4.78 is 32.4. The minimum atomic E-state index is -3.81. The fraction of sp³-hybridized carbons (Fsp3) is 0.235. The first-order valence-electron chi connectivity index (χ1n) is 7.73. The average molecular weight is 417 g/mol. The minimum Gasteiger partial charge on any atom is -0.495 e. The summed E-state index contributed by atoms with van der Waals surface area (Å²) in [5.74, 6) is -0.380. The van der Waals surface area contributed by atoms with Crippen molar-refractivity contribution in [3.05, 3.63) is 52.0 Å². The Balaban J connectivity index is 2.37. The second-order valence-corrected chi connectivity index (χ2v) is 7.84. The summed E-state index contributed by atoms with van der Waals surface area (Å²) in [6.07, 6.45) is 0.634. The molecule has 2 N–H and O–H groups in total. The van der Waals surface area contributed by atoms with Gasteiger partial charge in [-0.1, -0.05) is 36.2 Å². The van der Waals surface area contributed by atoms with Crippen LogP contribution in [0.25, 0.3) is 0 Å². The molecule has 0 fully saturated rings. The molecule has 0 saturated carbocycles. The highest BCUT2D eigenvalue weighted by molar-refractivity contribution is 7.89. The van der Waals surface area contributed by atoms with E-state index in [1.165, 1.54) is 25.3 Å². The lowest BCUT2D eigenvalue weighted by Gasteiger charge is -2.13. The Kier molecular flexibility index (Phi) is 6.88. The van der Waals surface area contributed by atoms with Crippen molar-refractivity contribution in [2.75, 3.05) is 19.0 Å². The van der Waals surface area contributed by atoms with Gasteiger partial charge >= 0.3 is 0 Å². The Morgan fingerprint density at radius 2 is 1.92 bits per heavy atom. The van der Waals surface area contributed by atoms with Crippen LogP contribution in [0, 0.1) is 0 Å².